The number of nitriles is 1. The molecule has 0 saturated carbocycles. The number of piperazine rings is 1. The van der Waals surface area contributed by atoms with Gasteiger partial charge in [0.05, 0.1) is 36.2 Å². The molecule has 4 bridgehead atoms. The molecule has 3 saturated heterocycles. The highest BCUT2D eigenvalue weighted by Gasteiger charge is 2.72. The number of hydrogen-bond donors (Lipinski definition) is 4. The van der Waals surface area contributed by atoms with E-state index in [4.69, 9.17) is 29.4 Å². The normalized spacial score (nSPS) is 32.6. The number of nitrogens with one attached hydrogen (secondary N) is 2. The van der Waals surface area contributed by atoms with Crippen LogP contribution in [0.3, 0.4) is 0 Å². The van der Waals surface area contributed by atoms with Gasteiger partial charge in [-0.25, -0.2) is 4.79 Å². The van der Waals surface area contributed by atoms with E-state index >= 15 is 4.79 Å². The Balaban J connectivity index is 1.20. The zero-order valence-electron chi connectivity index (χ0n) is 32.9. The molecule has 14 nitrogen and oxygen atoms in total. The number of nitrogens with zero attached hydrogens (tertiary/aromatic N) is 3. The van der Waals surface area contributed by atoms with Gasteiger partial charge >= 0.3 is 11.9 Å². The lowest BCUT2D eigenvalue weighted by Crippen LogP contribution is -2.67. The Labute approximate surface area is 338 Å². The average molecular weight is 805 g/mol. The Bertz CT molecular complexity index is 2570. The molecular formula is C43H44N6O8S. The number of carbonyl (C=O) groups excluding carboxylic acids is 2. The lowest BCUT2D eigenvalue weighted by Gasteiger charge is -2.58. The van der Waals surface area contributed by atoms with Crippen molar-refractivity contribution < 1.29 is 38.4 Å². The molecule has 58 heavy (non-hydrogen) atoms. The molecule has 12 rings (SSSR count). The fourth-order valence-corrected chi connectivity index (χ4v) is 13.7. The number of ether oxygens (including phenoxy) is 5. The van der Waals surface area contributed by atoms with Crippen molar-refractivity contribution in [3.8, 4) is 34.8 Å². The number of hydrogen-bond acceptors (Lipinski definition) is 14. The van der Waals surface area contributed by atoms with E-state index in [1.807, 2.05) is 32.0 Å². The number of esters is 2. The minimum Gasteiger partial charge on any atom is -0.504 e. The van der Waals surface area contributed by atoms with Crippen LogP contribution in [0.25, 0.3) is 10.9 Å². The van der Waals surface area contributed by atoms with Crippen LogP contribution < -0.4 is 30.0 Å². The molecule has 5 N–H and O–H groups in total. The number of benzene rings is 3. The molecule has 0 aliphatic carbocycles. The Morgan fingerprint density at radius 2 is 1.95 bits per heavy atom. The van der Waals surface area contributed by atoms with Crippen LogP contribution >= 0.6 is 11.8 Å². The Morgan fingerprint density at radius 1 is 1.16 bits per heavy atom. The first-order valence-corrected chi connectivity index (χ1v) is 20.8. The number of aromatic amines is 1. The summed E-state index contributed by atoms with van der Waals surface area (Å²) in [6.07, 6.45) is 1.06. The van der Waals surface area contributed by atoms with Crippen molar-refractivity contribution >= 4 is 34.6 Å². The van der Waals surface area contributed by atoms with Gasteiger partial charge in [0.15, 0.2) is 28.5 Å². The number of aryl methyl sites for hydroxylation is 1. The third kappa shape index (κ3) is 4.31. The van der Waals surface area contributed by atoms with Crippen molar-refractivity contribution in [2.45, 2.75) is 86.6 Å². The summed E-state index contributed by atoms with van der Waals surface area (Å²) in [5.74, 6) is 1.03. The van der Waals surface area contributed by atoms with Crippen LogP contribution in [0.2, 0.25) is 0 Å². The second-order valence-electron chi connectivity index (χ2n) is 17.1. The van der Waals surface area contributed by atoms with E-state index in [9.17, 15) is 15.2 Å². The molecule has 8 aliphatic heterocycles. The van der Waals surface area contributed by atoms with E-state index in [0.717, 1.165) is 44.4 Å². The third-order valence-electron chi connectivity index (χ3n) is 14.2. The standard InChI is InChI=1S/C43H44N6O8S/c1-19-10-25-28(33(51)34(19)53-5)31-32-38-30-29(37-36(55-18-56-37)20(2)35(30)57-21(3)50)27(49(32)42(15-45)14-41(25,4)48(31)16-42)13-54-40(52)43(17-58-38)39-24(11-22(12-44)47-43)23-8-6-7-9-26(23)46-39/h6-10,22,27,31-32,38,46-47,51H,11-14,16-18,44H2,1-5H3/t22-,27-,31+,32?,38+,41?,42+,43+/m0/s1. The number of fused-ring (bicyclic) bond motifs is 11. The minimum atomic E-state index is -1.35. The Kier molecular flexibility index (Phi) is 7.50. The SMILES string of the molecule is COc1c(C)cc2c(c1O)[C@@H]1C3[C@@H]4SC[C@]5(N[C@H](CN)Cc6c5[nH]c5ccccc65)C(=O)OC[C@@H](c5c6c(c(C)c(OC(C)=O)c54)OCO6)N3[C@]3(C#N)CN1C2(C)C3. The fourth-order valence-electron chi connectivity index (χ4n) is 12.0. The molecule has 1 aromatic heterocycles. The van der Waals surface area contributed by atoms with Crippen LogP contribution in [-0.2, 0) is 31.8 Å². The van der Waals surface area contributed by atoms with Crippen LogP contribution in [0.4, 0.5) is 0 Å². The summed E-state index contributed by atoms with van der Waals surface area (Å²) < 4.78 is 31.1. The van der Waals surface area contributed by atoms with Gasteiger partial charge in [0, 0.05) is 83.0 Å². The molecule has 300 valence electrons. The van der Waals surface area contributed by atoms with Gasteiger partial charge in [-0.3, -0.25) is 19.9 Å². The van der Waals surface area contributed by atoms with E-state index in [0.29, 0.717) is 60.1 Å². The Hall–Kier alpha value is -4.98. The fraction of sp³-hybridized carbons (Fsp3) is 0.465. The summed E-state index contributed by atoms with van der Waals surface area (Å²) in [5.41, 5.74) is 10.6. The number of aromatic nitrogens is 1. The molecule has 0 radical (unpaired) electrons. The number of nitrogens with two attached hydrogens (primary N) is 1. The van der Waals surface area contributed by atoms with Crippen LogP contribution in [-0.4, -0.2) is 88.8 Å². The maximum Gasteiger partial charge on any atom is 0.333 e. The van der Waals surface area contributed by atoms with Crippen LogP contribution in [0.15, 0.2) is 30.3 Å². The maximum absolute atomic E-state index is 15.1. The van der Waals surface area contributed by atoms with Crippen molar-refractivity contribution in [1.29, 1.82) is 5.26 Å². The van der Waals surface area contributed by atoms with Gasteiger partial charge in [-0.15, -0.1) is 11.8 Å². The summed E-state index contributed by atoms with van der Waals surface area (Å²) in [5, 5.41) is 27.9. The number of phenols is 1. The van der Waals surface area contributed by atoms with Gasteiger partial charge < -0.3 is 39.5 Å². The Morgan fingerprint density at radius 3 is 2.71 bits per heavy atom. The molecule has 1 spiro atoms. The average Bonchev–Trinajstić information content (AvgIpc) is 3.96. The van der Waals surface area contributed by atoms with Crippen LogP contribution in [0, 0.1) is 25.2 Å². The molecule has 9 heterocycles. The van der Waals surface area contributed by atoms with Gasteiger partial charge in [0.2, 0.25) is 6.79 Å². The molecule has 2 unspecified atom stereocenters. The highest BCUT2D eigenvalue weighted by atomic mass is 32.2. The van der Waals surface area contributed by atoms with E-state index in [1.165, 1.54) is 6.92 Å². The first kappa shape index (κ1) is 36.1. The summed E-state index contributed by atoms with van der Waals surface area (Å²) in [6, 6.07) is 11.0. The minimum absolute atomic E-state index is 0.0468. The zero-order chi connectivity index (χ0) is 40.2. The number of aromatic hydroxyl groups is 1. The van der Waals surface area contributed by atoms with Crippen molar-refractivity contribution in [3.05, 3.63) is 75.0 Å². The van der Waals surface area contributed by atoms with E-state index in [1.54, 1.807) is 18.9 Å². The molecule has 4 aromatic rings. The van der Waals surface area contributed by atoms with Gasteiger partial charge in [0.1, 0.15) is 17.9 Å². The number of H-pyrrole nitrogens is 1. The van der Waals surface area contributed by atoms with Crippen LogP contribution in [0.1, 0.15) is 82.2 Å². The number of methoxy groups -OCH3 is 1. The first-order chi connectivity index (χ1) is 27.9. The van der Waals surface area contributed by atoms with Gasteiger partial charge in [-0.2, -0.15) is 5.26 Å². The van der Waals surface area contributed by atoms with E-state index in [2.05, 4.69) is 45.2 Å². The maximum atomic E-state index is 15.1. The van der Waals surface area contributed by atoms with Crippen molar-refractivity contribution in [1.82, 2.24) is 20.1 Å². The number of para-hydroxylation sites is 1. The van der Waals surface area contributed by atoms with Crippen molar-refractivity contribution in [3.63, 3.8) is 0 Å². The first-order valence-electron chi connectivity index (χ1n) is 19.8. The smallest absolute Gasteiger partial charge is 0.333 e. The predicted molar refractivity (Wildman–Crippen MR) is 212 cm³/mol. The topological polar surface area (TPSA) is 185 Å². The summed E-state index contributed by atoms with van der Waals surface area (Å²) >= 11 is 1.55. The molecule has 3 fully saturated rings. The highest BCUT2D eigenvalue weighted by Crippen LogP contribution is 2.71. The summed E-state index contributed by atoms with van der Waals surface area (Å²) in [7, 11) is 1.56. The number of rotatable bonds is 3. The van der Waals surface area contributed by atoms with E-state index < -0.39 is 51.9 Å². The number of thioether (sulfide) groups is 1. The quantitative estimate of drug-likeness (QED) is 0.167. The molecule has 8 atom stereocenters. The molecule has 0 amide bonds. The second kappa shape index (κ2) is 12.0. The number of phenolic OH excluding ortho intramolecular Hbond substituents is 1. The largest absolute Gasteiger partial charge is 0.504 e. The van der Waals surface area contributed by atoms with Gasteiger partial charge in [-0.05, 0) is 56.0 Å². The third-order valence-corrected chi connectivity index (χ3v) is 15.6. The monoisotopic (exact) mass is 804 g/mol. The van der Waals surface area contributed by atoms with Crippen LogP contribution in [0.5, 0.6) is 28.7 Å². The van der Waals surface area contributed by atoms with E-state index in [-0.39, 0.29) is 30.9 Å². The van der Waals surface area contributed by atoms with Gasteiger partial charge in [0.25, 0.3) is 0 Å². The zero-order valence-corrected chi connectivity index (χ0v) is 33.7. The molecule has 15 heteroatoms. The lowest BCUT2D eigenvalue weighted by atomic mass is 9.72. The molecular weight excluding hydrogens is 761 g/mol. The molecule has 3 aromatic carbocycles. The highest BCUT2D eigenvalue weighted by molar-refractivity contribution is 7.99. The second-order valence-corrected chi connectivity index (χ2v) is 18.2. The lowest BCUT2D eigenvalue weighted by molar-refractivity contribution is -0.157. The van der Waals surface area contributed by atoms with Gasteiger partial charge in [-0.1, -0.05) is 18.2 Å². The molecule has 8 aliphatic rings. The summed E-state index contributed by atoms with van der Waals surface area (Å²) in [6.45, 7) is 7.81. The summed E-state index contributed by atoms with van der Waals surface area (Å²) in [4.78, 5) is 36.5. The van der Waals surface area contributed by atoms with Crippen molar-refractivity contribution in [2.24, 2.45) is 5.73 Å². The predicted octanol–water partition coefficient (Wildman–Crippen LogP) is 4.53. The number of carbonyl (C=O) groups is 2. The van der Waals surface area contributed by atoms with Crippen molar-refractivity contribution in [2.75, 3.05) is 39.4 Å².